The van der Waals surface area contributed by atoms with Gasteiger partial charge in [-0.25, -0.2) is 9.59 Å². The number of amides is 1. The third kappa shape index (κ3) is 32.4. The zero-order valence-electron chi connectivity index (χ0n) is 12.3. The second kappa shape index (κ2) is 18.9. The minimum Gasteiger partial charge on any atom is -0.454 e. The second-order valence-corrected chi connectivity index (χ2v) is 4.59. The fourth-order valence-corrected chi connectivity index (χ4v) is 0.719. The summed E-state index contributed by atoms with van der Waals surface area (Å²) in [6, 6.07) is 0. The van der Waals surface area contributed by atoms with Crippen LogP contribution in [0.15, 0.2) is 0 Å². The summed E-state index contributed by atoms with van der Waals surface area (Å²) in [6.45, 7) is 4.08. The van der Waals surface area contributed by atoms with Crippen molar-refractivity contribution in [2.75, 3.05) is 25.7 Å². The van der Waals surface area contributed by atoms with Crippen molar-refractivity contribution in [1.29, 1.82) is 10.8 Å². The summed E-state index contributed by atoms with van der Waals surface area (Å²) >= 11 is 7.11. The van der Waals surface area contributed by atoms with Gasteiger partial charge >= 0.3 is 11.5 Å². The van der Waals surface area contributed by atoms with E-state index in [1.54, 1.807) is 26.4 Å². The van der Waals surface area contributed by atoms with Gasteiger partial charge in [-0.15, -0.1) is 0 Å². The maximum absolute atomic E-state index is 10.5. The van der Waals surface area contributed by atoms with E-state index in [0.717, 1.165) is 11.8 Å². The summed E-state index contributed by atoms with van der Waals surface area (Å²) in [6.07, 6.45) is 2.90. The zero-order chi connectivity index (χ0) is 17.3. The number of nitrogens with one attached hydrogen (secondary N) is 3. The molecule has 0 heterocycles. The molecule has 0 radical (unpaired) electrons. The quantitative estimate of drug-likeness (QED) is 0.337. The van der Waals surface area contributed by atoms with Crippen LogP contribution in [-0.4, -0.2) is 47.6 Å². The number of carbonyl (C=O) groups is 2. The largest absolute Gasteiger partial charge is 0.454 e. The number of thioether (sulfide) groups is 2. The van der Waals surface area contributed by atoms with E-state index in [1.807, 2.05) is 0 Å². The molecule has 0 aliphatic rings. The molecule has 0 atom stereocenters. The topological polar surface area (TPSA) is 138 Å². The minimum atomic E-state index is -0.738. The molecule has 1 amide bonds. The molecule has 0 bridgehead atoms. The van der Waals surface area contributed by atoms with E-state index in [9.17, 15) is 9.59 Å². The Morgan fingerprint density at radius 3 is 1.76 bits per heavy atom. The van der Waals surface area contributed by atoms with Gasteiger partial charge in [0, 0.05) is 11.6 Å². The van der Waals surface area contributed by atoms with Crippen LogP contribution in [0, 0.1) is 10.8 Å². The molecule has 0 saturated carbocycles. The van der Waals surface area contributed by atoms with Crippen LogP contribution in [-0.2, 0) is 9.47 Å². The molecule has 0 aliphatic carbocycles. The number of halogens is 1. The lowest BCUT2D eigenvalue weighted by Crippen LogP contribution is -2.27. The van der Waals surface area contributed by atoms with E-state index in [-0.39, 0.29) is 10.3 Å². The molecular formula is C10H21ClN4O4S2. The number of alkyl carbamates (subject to hydrolysis) is 1. The van der Waals surface area contributed by atoms with E-state index in [2.05, 4.69) is 14.8 Å². The summed E-state index contributed by atoms with van der Waals surface area (Å²) < 4.78 is 8.68. The number of carbonyl (C=O) groups excluding carboxylic acids is 2. The lowest BCUT2D eigenvalue weighted by Gasteiger charge is -2.02. The van der Waals surface area contributed by atoms with Gasteiger partial charge in [-0.2, -0.15) is 0 Å². The lowest BCUT2D eigenvalue weighted by molar-refractivity contribution is 0.158. The smallest absolute Gasteiger partial charge is 0.413 e. The molecule has 0 saturated heterocycles. The van der Waals surface area contributed by atoms with Gasteiger partial charge < -0.3 is 15.2 Å². The van der Waals surface area contributed by atoms with Gasteiger partial charge in [-0.05, 0) is 26.4 Å². The lowest BCUT2D eigenvalue weighted by atomic mass is 10.9. The Labute approximate surface area is 137 Å². The van der Waals surface area contributed by atoms with E-state index in [0.29, 0.717) is 13.2 Å². The van der Waals surface area contributed by atoms with Crippen LogP contribution in [0.3, 0.4) is 0 Å². The van der Waals surface area contributed by atoms with Crippen LogP contribution in [0.25, 0.3) is 0 Å². The molecule has 0 aromatic heterocycles. The van der Waals surface area contributed by atoms with Crippen LogP contribution in [0.4, 0.5) is 9.59 Å². The highest BCUT2D eigenvalue weighted by Gasteiger charge is 2.01. The molecule has 21 heavy (non-hydrogen) atoms. The second-order valence-electron chi connectivity index (χ2n) is 2.62. The Morgan fingerprint density at radius 2 is 1.57 bits per heavy atom. The van der Waals surface area contributed by atoms with Gasteiger partial charge in [0.2, 0.25) is 0 Å². The van der Waals surface area contributed by atoms with Crippen molar-refractivity contribution in [1.82, 2.24) is 5.32 Å². The monoisotopic (exact) mass is 360 g/mol. The van der Waals surface area contributed by atoms with Crippen molar-refractivity contribution >= 4 is 57.0 Å². The molecule has 11 heteroatoms. The summed E-state index contributed by atoms with van der Waals surface area (Å²) in [7, 11) is 0. The first-order valence-corrected chi connectivity index (χ1v) is 8.34. The summed E-state index contributed by atoms with van der Waals surface area (Å²) in [4.78, 5) is 20.1. The highest BCUT2D eigenvalue weighted by Crippen LogP contribution is 1.90. The predicted molar refractivity (Wildman–Crippen MR) is 89.7 cm³/mol. The molecule has 0 unspecified atom stereocenters. The molecule has 0 aromatic rings. The van der Waals surface area contributed by atoms with Crippen molar-refractivity contribution < 1.29 is 19.1 Å². The van der Waals surface area contributed by atoms with Crippen LogP contribution in [0.1, 0.15) is 13.8 Å². The number of ether oxygens (including phenoxy) is 2. The van der Waals surface area contributed by atoms with E-state index in [4.69, 9.17) is 28.2 Å². The van der Waals surface area contributed by atoms with E-state index in [1.165, 1.54) is 11.8 Å². The van der Waals surface area contributed by atoms with Crippen LogP contribution >= 0.6 is 35.1 Å². The van der Waals surface area contributed by atoms with Crippen molar-refractivity contribution in [3.63, 3.8) is 0 Å². The first-order valence-electron chi connectivity index (χ1n) is 5.51. The molecule has 0 aromatic carbocycles. The van der Waals surface area contributed by atoms with Crippen molar-refractivity contribution in [2.24, 2.45) is 5.73 Å². The third-order valence-electron chi connectivity index (χ3n) is 1.17. The fraction of sp³-hybridized carbons (Fsp3) is 0.600. The zero-order valence-corrected chi connectivity index (χ0v) is 14.7. The number of nitrogens with two attached hydrogens (primary N) is 1. The number of hydrogen-bond acceptors (Lipinski definition) is 8. The number of rotatable bonds is 2. The van der Waals surface area contributed by atoms with E-state index < -0.39 is 11.5 Å². The van der Waals surface area contributed by atoms with Gasteiger partial charge in [0.15, 0.2) is 10.3 Å². The highest BCUT2D eigenvalue weighted by molar-refractivity contribution is 8.13. The summed E-state index contributed by atoms with van der Waals surface area (Å²) in [5, 5.41) is 16.0. The van der Waals surface area contributed by atoms with Gasteiger partial charge in [0.05, 0.1) is 13.2 Å². The molecule has 0 aliphatic heterocycles. The molecule has 124 valence electrons. The molecule has 5 N–H and O–H groups in total. The Balaban J connectivity index is -0.000000252. The predicted octanol–water partition coefficient (Wildman–Crippen LogP) is 2.65. The molecular weight excluding hydrogens is 340 g/mol. The maximum Gasteiger partial charge on any atom is 0.413 e. The Morgan fingerprint density at radius 1 is 1.14 bits per heavy atom. The van der Waals surface area contributed by atoms with Crippen LogP contribution < -0.4 is 11.1 Å². The Bertz CT molecular complexity index is 332. The number of amidine groups is 2. The van der Waals surface area contributed by atoms with Gasteiger partial charge in [0.25, 0.3) is 0 Å². The van der Waals surface area contributed by atoms with Crippen molar-refractivity contribution in [3.05, 3.63) is 0 Å². The highest BCUT2D eigenvalue weighted by atomic mass is 35.5. The minimum absolute atomic E-state index is 0.0958. The van der Waals surface area contributed by atoms with Crippen LogP contribution in [0.5, 0.6) is 0 Å². The van der Waals surface area contributed by atoms with Gasteiger partial charge in [-0.3, -0.25) is 16.1 Å². The molecule has 0 rings (SSSR count). The Hall–Kier alpha value is -1.13. The number of hydrogen-bond donors (Lipinski definition) is 4. The van der Waals surface area contributed by atoms with Crippen molar-refractivity contribution in [3.8, 4) is 0 Å². The molecule has 0 fully saturated rings. The average Bonchev–Trinajstić information content (AvgIpc) is 2.40. The third-order valence-corrected chi connectivity index (χ3v) is 2.23. The first kappa shape index (κ1) is 24.9. The normalized spacial score (nSPS) is 8.05. The first-order chi connectivity index (χ1) is 9.74. The fourth-order valence-electron chi connectivity index (χ4n) is 0.424. The summed E-state index contributed by atoms with van der Waals surface area (Å²) in [5.74, 6) is 0. The standard InChI is InChI=1S/C5H10N2O2S.C3H5ClO2.C2H6N2S/c1-3-9-5(8)7-4(6)10-2;1-2-6-3(4)5;1-5-2(3)4/h3H2,1-2H3,(H2,6,7,8);2H2,1H3;1H3,(H3,3,4). The molecule has 0 spiro atoms. The average molecular weight is 361 g/mol. The van der Waals surface area contributed by atoms with Gasteiger partial charge in [0.1, 0.15) is 0 Å². The van der Waals surface area contributed by atoms with Gasteiger partial charge in [-0.1, -0.05) is 23.5 Å². The molecule has 8 nitrogen and oxygen atoms in total. The summed E-state index contributed by atoms with van der Waals surface area (Å²) in [5.41, 5.74) is 4.10. The SMILES string of the molecule is CCOC(=O)Cl.CCOC(=O)NC(=N)SC.CSC(=N)N. The van der Waals surface area contributed by atoms with Crippen LogP contribution in [0.2, 0.25) is 0 Å². The maximum atomic E-state index is 10.5. The Kier molecular flexibility index (Phi) is 22.3. The van der Waals surface area contributed by atoms with E-state index >= 15 is 0 Å². The van der Waals surface area contributed by atoms with Crippen molar-refractivity contribution in [2.45, 2.75) is 13.8 Å².